The van der Waals surface area contributed by atoms with Crippen molar-refractivity contribution in [2.45, 2.75) is 38.7 Å². The molecule has 0 aromatic heterocycles. The van der Waals surface area contributed by atoms with E-state index in [0.29, 0.717) is 26.1 Å². The Kier molecular flexibility index (Phi) is 6.36. The molecule has 1 heterocycles. The van der Waals surface area contributed by atoms with Crippen molar-refractivity contribution in [1.82, 2.24) is 4.90 Å². The fraction of sp³-hybridized carbons (Fsp3) is 0.588. The van der Waals surface area contributed by atoms with E-state index in [-0.39, 0.29) is 11.4 Å². The van der Waals surface area contributed by atoms with E-state index in [1.54, 1.807) is 18.9 Å². The van der Waals surface area contributed by atoms with Gasteiger partial charge in [0.25, 0.3) is 0 Å². The Bertz CT molecular complexity index is 552. The maximum atomic E-state index is 14.3. The molecule has 134 valence electrons. The maximum Gasteiger partial charge on any atom is 0.321 e. The van der Waals surface area contributed by atoms with Crippen molar-refractivity contribution in [1.29, 1.82) is 0 Å². The van der Waals surface area contributed by atoms with Gasteiger partial charge in [0.15, 0.2) is 11.6 Å². The molecule has 1 unspecified atom stereocenters. The normalized spacial score (nSPS) is 16.0. The molecule has 5 nitrogen and oxygen atoms in total. The van der Waals surface area contributed by atoms with E-state index in [0.717, 1.165) is 31.4 Å². The number of nitrogens with one attached hydrogen (secondary N) is 1. The maximum absolute atomic E-state index is 14.3. The number of piperidine rings is 1. The lowest BCUT2D eigenvalue weighted by Gasteiger charge is -2.29. The number of carbonyl (C=O) groups is 1. The molecule has 1 aromatic rings. The van der Waals surface area contributed by atoms with Crippen molar-refractivity contribution in [2.75, 3.05) is 36.9 Å². The van der Waals surface area contributed by atoms with Gasteiger partial charge in [-0.3, -0.25) is 0 Å². The number of benzene rings is 1. The second-order valence-electron chi connectivity index (χ2n) is 6.33. The summed E-state index contributed by atoms with van der Waals surface area (Å²) in [4.78, 5) is 15.1. The number of rotatable bonds is 5. The van der Waals surface area contributed by atoms with Gasteiger partial charge in [0.1, 0.15) is 5.69 Å². The van der Waals surface area contributed by atoms with Gasteiger partial charge in [0.2, 0.25) is 0 Å². The van der Waals surface area contributed by atoms with Crippen LogP contribution in [0.25, 0.3) is 0 Å². The zero-order valence-corrected chi connectivity index (χ0v) is 14.2. The summed E-state index contributed by atoms with van der Waals surface area (Å²) in [5.41, 5.74) is 0.0646. The first-order valence-electron chi connectivity index (χ1n) is 8.32. The largest absolute Gasteiger partial charge is 0.393 e. The van der Waals surface area contributed by atoms with E-state index in [9.17, 15) is 18.7 Å². The number of anilines is 2. The lowest BCUT2D eigenvalue weighted by Crippen LogP contribution is -2.33. The molecule has 2 amide bonds. The number of aliphatic hydroxyl groups excluding tert-OH is 1. The Morgan fingerprint density at radius 1 is 1.29 bits per heavy atom. The van der Waals surface area contributed by atoms with Gasteiger partial charge in [-0.2, -0.15) is 0 Å². The van der Waals surface area contributed by atoms with Gasteiger partial charge in [0.05, 0.1) is 6.10 Å². The third-order valence-electron chi connectivity index (χ3n) is 4.17. The minimum absolute atomic E-state index is 0.0184. The third kappa shape index (κ3) is 4.80. The zero-order valence-electron chi connectivity index (χ0n) is 14.2. The number of carbonyl (C=O) groups excluding carboxylic acids is 1. The Morgan fingerprint density at radius 3 is 2.42 bits per heavy atom. The summed E-state index contributed by atoms with van der Waals surface area (Å²) in [6.45, 7) is 3.26. The summed E-state index contributed by atoms with van der Waals surface area (Å²) < 4.78 is 28.6. The highest BCUT2D eigenvalue weighted by Gasteiger charge is 2.21. The van der Waals surface area contributed by atoms with E-state index < -0.39 is 23.8 Å². The van der Waals surface area contributed by atoms with E-state index >= 15 is 0 Å². The SMILES string of the molecule is CC(O)CCN(C)C(=O)Nc1cc(F)c(N2CCCCC2)c(F)c1. The van der Waals surface area contributed by atoms with Gasteiger partial charge in [-0.25, -0.2) is 13.6 Å². The predicted octanol–water partition coefficient (Wildman–Crippen LogP) is 3.19. The second kappa shape index (κ2) is 8.28. The number of amides is 2. The molecule has 0 radical (unpaired) electrons. The van der Waals surface area contributed by atoms with E-state index in [1.807, 2.05) is 0 Å². The van der Waals surface area contributed by atoms with E-state index in [1.165, 1.54) is 4.90 Å². The quantitative estimate of drug-likeness (QED) is 0.865. The molecular weight excluding hydrogens is 316 g/mol. The third-order valence-corrected chi connectivity index (χ3v) is 4.17. The lowest BCUT2D eigenvalue weighted by atomic mass is 10.1. The highest BCUT2D eigenvalue weighted by Crippen LogP contribution is 2.29. The van der Waals surface area contributed by atoms with Crippen LogP contribution in [-0.4, -0.2) is 48.8 Å². The smallest absolute Gasteiger partial charge is 0.321 e. The minimum atomic E-state index is -0.668. The summed E-state index contributed by atoms with van der Waals surface area (Å²) in [5, 5.41) is 11.7. The fourth-order valence-electron chi connectivity index (χ4n) is 2.76. The van der Waals surface area contributed by atoms with E-state index in [2.05, 4.69) is 5.32 Å². The Morgan fingerprint density at radius 2 is 1.88 bits per heavy atom. The van der Waals surface area contributed by atoms with Gasteiger partial charge in [-0.15, -0.1) is 0 Å². The molecule has 1 fully saturated rings. The number of hydrogen-bond acceptors (Lipinski definition) is 3. The molecular formula is C17H25F2N3O2. The highest BCUT2D eigenvalue weighted by molar-refractivity contribution is 5.89. The van der Waals surface area contributed by atoms with Crippen molar-refractivity contribution in [3.05, 3.63) is 23.8 Å². The molecule has 0 bridgehead atoms. The van der Waals surface area contributed by atoms with E-state index in [4.69, 9.17) is 0 Å². The molecule has 24 heavy (non-hydrogen) atoms. The summed E-state index contributed by atoms with van der Waals surface area (Å²) in [5.74, 6) is -1.34. The fourth-order valence-corrected chi connectivity index (χ4v) is 2.76. The summed E-state index contributed by atoms with van der Waals surface area (Å²) >= 11 is 0. The average Bonchev–Trinajstić information content (AvgIpc) is 2.52. The minimum Gasteiger partial charge on any atom is -0.393 e. The standard InChI is InChI=1S/C17H25F2N3O2/c1-12(23)6-9-21(2)17(24)20-13-10-14(18)16(15(19)11-13)22-7-4-3-5-8-22/h10-12,23H,3-9H2,1-2H3,(H,20,24). The average molecular weight is 341 g/mol. The van der Waals surface area contributed by atoms with Gasteiger partial charge in [-0.1, -0.05) is 0 Å². The summed E-state index contributed by atoms with van der Waals surface area (Å²) in [6.07, 6.45) is 2.84. The molecule has 1 aliphatic rings. The lowest BCUT2D eigenvalue weighted by molar-refractivity contribution is 0.167. The molecule has 7 heteroatoms. The van der Waals surface area contributed by atoms with Crippen molar-refractivity contribution in [3.8, 4) is 0 Å². The Labute approximate surface area is 141 Å². The molecule has 0 aliphatic carbocycles. The molecule has 0 spiro atoms. The number of urea groups is 1. The van der Waals surface area contributed by atoms with Crippen LogP contribution in [0.1, 0.15) is 32.6 Å². The van der Waals surface area contributed by atoms with Crippen LogP contribution in [0.15, 0.2) is 12.1 Å². The van der Waals surface area contributed by atoms with Crippen LogP contribution in [0, 0.1) is 11.6 Å². The molecule has 1 aliphatic heterocycles. The number of nitrogens with zero attached hydrogens (tertiary/aromatic N) is 2. The second-order valence-corrected chi connectivity index (χ2v) is 6.33. The molecule has 1 atom stereocenters. The zero-order chi connectivity index (χ0) is 17.7. The molecule has 2 N–H and O–H groups in total. The first-order chi connectivity index (χ1) is 11.4. The number of hydrogen-bond donors (Lipinski definition) is 2. The van der Waals surface area contributed by atoms with Crippen LogP contribution in [0.2, 0.25) is 0 Å². The molecule has 2 rings (SSSR count). The Balaban J connectivity index is 2.05. The Hall–Kier alpha value is -1.89. The topological polar surface area (TPSA) is 55.8 Å². The van der Waals surface area contributed by atoms with Crippen LogP contribution in [0.5, 0.6) is 0 Å². The monoisotopic (exact) mass is 341 g/mol. The van der Waals surface area contributed by atoms with Gasteiger partial charge in [-0.05, 0) is 44.7 Å². The first-order valence-corrected chi connectivity index (χ1v) is 8.32. The van der Waals surface area contributed by atoms with Crippen molar-refractivity contribution >= 4 is 17.4 Å². The van der Waals surface area contributed by atoms with Crippen LogP contribution >= 0.6 is 0 Å². The van der Waals surface area contributed by atoms with Gasteiger partial charge < -0.3 is 20.2 Å². The van der Waals surface area contributed by atoms with Gasteiger partial charge in [0, 0.05) is 32.4 Å². The van der Waals surface area contributed by atoms with Crippen molar-refractivity contribution in [2.24, 2.45) is 0 Å². The predicted molar refractivity (Wildman–Crippen MR) is 90.4 cm³/mol. The molecule has 1 aromatic carbocycles. The van der Waals surface area contributed by atoms with Crippen molar-refractivity contribution in [3.63, 3.8) is 0 Å². The highest BCUT2D eigenvalue weighted by atomic mass is 19.1. The van der Waals surface area contributed by atoms with Crippen molar-refractivity contribution < 1.29 is 18.7 Å². The molecule has 0 saturated carbocycles. The molecule has 1 saturated heterocycles. The number of aliphatic hydroxyl groups is 1. The van der Waals surface area contributed by atoms with Gasteiger partial charge >= 0.3 is 6.03 Å². The summed E-state index contributed by atoms with van der Waals surface area (Å²) in [7, 11) is 1.56. The van der Waals surface area contributed by atoms with Crippen LogP contribution in [-0.2, 0) is 0 Å². The number of halogens is 2. The summed E-state index contributed by atoms with van der Waals surface area (Å²) in [6, 6.07) is 1.82. The first kappa shape index (κ1) is 18.4. The van der Waals surface area contributed by atoms with Crippen LogP contribution in [0.3, 0.4) is 0 Å². The van der Waals surface area contributed by atoms with Crippen LogP contribution in [0.4, 0.5) is 25.0 Å². The van der Waals surface area contributed by atoms with Crippen LogP contribution < -0.4 is 10.2 Å².